The van der Waals surface area contributed by atoms with Gasteiger partial charge in [-0.1, -0.05) is 23.7 Å². The van der Waals surface area contributed by atoms with Crippen LogP contribution in [0.5, 0.6) is 0 Å². The standard InChI is InChI=1S/C16H17ClN2O2/c1-12-6-7-18-15(8-12)10-19(11-16(20)21)9-13-2-4-14(17)5-3-13/h2-8H,9-11H2,1H3,(H,20,21). The molecule has 0 bridgehead atoms. The lowest BCUT2D eigenvalue weighted by molar-refractivity contribution is -0.138. The van der Waals surface area contributed by atoms with Gasteiger partial charge in [0.05, 0.1) is 12.2 Å². The Labute approximate surface area is 129 Å². The van der Waals surface area contributed by atoms with Gasteiger partial charge in [0.15, 0.2) is 0 Å². The van der Waals surface area contributed by atoms with E-state index in [1.165, 1.54) is 0 Å². The molecule has 0 unspecified atom stereocenters. The summed E-state index contributed by atoms with van der Waals surface area (Å²) < 4.78 is 0. The van der Waals surface area contributed by atoms with Gasteiger partial charge in [0.1, 0.15) is 0 Å². The fourth-order valence-electron chi connectivity index (χ4n) is 2.12. The number of aliphatic carboxylic acids is 1. The average molecular weight is 305 g/mol. The van der Waals surface area contributed by atoms with E-state index in [1.54, 1.807) is 18.3 Å². The molecule has 0 fully saturated rings. The number of benzene rings is 1. The van der Waals surface area contributed by atoms with Gasteiger partial charge < -0.3 is 5.11 Å². The molecule has 1 aromatic carbocycles. The van der Waals surface area contributed by atoms with E-state index in [9.17, 15) is 4.79 Å². The molecule has 4 nitrogen and oxygen atoms in total. The predicted molar refractivity (Wildman–Crippen MR) is 82.2 cm³/mol. The van der Waals surface area contributed by atoms with Crippen molar-refractivity contribution in [2.75, 3.05) is 6.54 Å². The third kappa shape index (κ3) is 5.17. The number of nitrogens with zero attached hydrogens (tertiary/aromatic N) is 2. The minimum Gasteiger partial charge on any atom is -0.480 e. The minimum absolute atomic E-state index is 0.0295. The van der Waals surface area contributed by atoms with Crippen LogP contribution < -0.4 is 0 Å². The van der Waals surface area contributed by atoms with Gasteiger partial charge in [0, 0.05) is 24.3 Å². The summed E-state index contributed by atoms with van der Waals surface area (Å²) in [6, 6.07) is 11.3. The molecule has 0 spiro atoms. The summed E-state index contributed by atoms with van der Waals surface area (Å²) in [5, 5.41) is 9.73. The van der Waals surface area contributed by atoms with Gasteiger partial charge in [-0.3, -0.25) is 14.7 Å². The molecule has 5 heteroatoms. The summed E-state index contributed by atoms with van der Waals surface area (Å²) in [6.07, 6.45) is 1.74. The maximum atomic E-state index is 11.0. The van der Waals surface area contributed by atoms with Crippen LogP contribution in [-0.2, 0) is 17.9 Å². The van der Waals surface area contributed by atoms with Crippen LogP contribution in [0.25, 0.3) is 0 Å². The number of hydrogen-bond acceptors (Lipinski definition) is 3. The first-order chi connectivity index (χ1) is 10.0. The Balaban J connectivity index is 2.10. The van der Waals surface area contributed by atoms with Crippen molar-refractivity contribution in [3.8, 4) is 0 Å². The lowest BCUT2D eigenvalue weighted by atomic mass is 10.2. The first-order valence-corrected chi connectivity index (χ1v) is 7.01. The van der Waals surface area contributed by atoms with Crippen molar-refractivity contribution in [3.63, 3.8) is 0 Å². The Hall–Kier alpha value is -1.91. The maximum Gasteiger partial charge on any atom is 0.317 e. The number of hydrogen-bond donors (Lipinski definition) is 1. The monoisotopic (exact) mass is 304 g/mol. The Kier molecular flexibility index (Phi) is 5.31. The Morgan fingerprint density at radius 2 is 1.95 bits per heavy atom. The van der Waals surface area contributed by atoms with Gasteiger partial charge in [-0.05, 0) is 42.3 Å². The summed E-state index contributed by atoms with van der Waals surface area (Å²) in [5.41, 5.74) is 3.00. The fourth-order valence-corrected chi connectivity index (χ4v) is 2.25. The van der Waals surface area contributed by atoms with Crippen LogP contribution in [0.3, 0.4) is 0 Å². The van der Waals surface area contributed by atoms with Crippen LogP contribution >= 0.6 is 11.6 Å². The number of carbonyl (C=O) groups is 1. The van der Waals surface area contributed by atoms with Crippen LogP contribution in [0.4, 0.5) is 0 Å². The van der Waals surface area contributed by atoms with Gasteiger partial charge in [-0.15, -0.1) is 0 Å². The highest BCUT2D eigenvalue weighted by Crippen LogP contribution is 2.13. The van der Waals surface area contributed by atoms with Crippen molar-refractivity contribution >= 4 is 17.6 Å². The third-order valence-electron chi connectivity index (χ3n) is 3.04. The average Bonchev–Trinajstić information content (AvgIpc) is 2.40. The van der Waals surface area contributed by atoms with E-state index in [1.807, 2.05) is 36.1 Å². The second kappa shape index (κ2) is 7.20. The maximum absolute atomic E-state index is 11.0. The van der Waals surface area contributed by atoms with Gasteiger partial charge in [-0.25, -0.2) is 0 Å². The van der Waals surface area contributed by atoms with Gasteiger partial charge in [0.25, 0.3) is 0 Å². The largest absolute Gasteiger partial charge is 0.480 e. The molecular weight excluding hydrogens is 288 g/mol. The number of pyridine rings is 1. The number of rotatable bonds is 6. The van der Waals surface area contributed by atoms with Crippen LogP contribution in [0, 0.1) is 6.92 Å². The van der Waals surface area contributed by atoms with Crippen molar-refractivity contribution in [1.82, 2.24) is 9.88 Å². The van der Waals surface area contributed by atoms with Crippen molar-refractivity contribution in [2.24, 2.45) is 0 Å². The van der Waals surface area contributed by atoms with E-state index in [0.717, 1.165) is 16.8 Å². The lowest BCUT2D eigenvalue weighted by Gasteiger charge is -2.20. The molecular formula is C16H17ClN2O2. The first kappa shape index (κ1) is 15.5. The molecule has 0 amide bonds. The van der Waals surface area contributed by atoms with Crippen molar-refractivity contribution in [2.45, 2.75) is 20.0 Å². The quantitative estimate of drug-likeness (QED) is 0.891. The number of carboxylic acid groups (broad SMARTS) is 1. The Morgan fingerprint density at radius 1 is 1.24 bits per heavy atom. The molecule has 1 heterocycles. The predicted octanol–water partition coefficient (Wildman–Crippen LogP) is 3.13. The van der Waals surface area contributed by atoms with Gasteiger partial charge >= 0.3 is 5.97 Å². The van der Waals surface area contributed by atoms with Crippen molar-refractivity contribution in [3.05, 3.63) is 64.4 Å². The summed E-state index contributed by atoms with van der Waals surface area (Å²) >= 11 is 5.86. The molecule has 0 saturated carbocycles. The fraction of sp³-hybridized carbons (Fsp3) is 0.250. The van der Waals surface area contributed by atoms with Crippen LogP contribution in [0.15, 0.2) is 42.6 Å². The molecule has 21 heavy (non-hydrogen) atoms. The highest BCUT2D eigenvalue weighted by Gasteiger charge is 2.12. The number of aryl methyl sites for hydroxylation is 1. The van der Waals surface area contributed by atoms with E-state index in [4.69, 9.17) is 16.7 Å². The zero-order valence-electron chi connectivity index (χ0n) is 11.8. The van der Waals surface area contributed by atoms with Crippen LogP contribution in [0.1, 0.15) is 16.8 Å². The highest BCUT2D eigenvalue weighted by molar-refractivity contribution is 6.30. The molecule has 0 aliphatic carbocycles. The van der Waals surface area contributed by atoms with Crippen LogP contribution in [0.2, 0.25) is 5.02 Å². The zero-order valence-corrected chi connectivity index (χ0v) is 12.5. The summed E-state index contributed by atoms with van der Waals surface area (Å²) in [5.74, 6) is -0.850. The van der Waals surface area contributed by atoms with Gasteiger partial charge in [0.2, 0.25) is 0 Å². The molecule has 0 aliphatic heterocycles. The molecule has 2 aromatic rings. The zero-order chi connectivity index (χ0) is 15.2. The molecule has 1 aromatic heterocycles. The normalized spacial score (nSPS) is 10.8. The van der Waals surface area contributed by atoms with Crippen molar-refractivity contribution < 1.29 is 9.90 Å². The molecule has 2 rings (SSSR count). The Morgan fingerprint density at radius 3 is 2.57 bits per heavy atom. The molecule has 110 valence electrons. The summed E-state index contributed by atoms with van der Waals surface area (Å²) in [7, 11) is 0. The number of halogens is 1. The second-order valence-corrected chi connectivity index (χ2v) is 5.43. The molecule has 0 saturated heterocycles. The van der Waals surface area contributed by atoms with Crippen LogP contribution in [-0.4, -0.2) is 27.5 Å². The highest BCUT2D eigenvalue weighted by atomic mass is 35.5. The molecule has 0 aliphatic rings. The molecule has 0 radical (unpaired) electrons. The minimum atomic E-state index is -0.850. The smallest absolute Gasteiger partial charge is 0.317 e. The topological polar surface area (TPSA) is 53.4 Å². The van der Waals surface area contributed by atoms with E-state index in [2.05, 4.69) is 4.98 Å². The van der Waals surface area contributed by atoms with E-state index in [0.29, 0.717) is 18.1 Å². The summed E-state index contributed by atoms with van der Waals surface area (Å²) in [6.45, 7) is 3.00. The third-order valence-corrected chi connectivity index (χ3v) is 3.29. The number of aromatic nitrogens is 1. The lowest BCUT2D eigenvalue weighted by Crippen LogP contribution is -2.29. The van der Waals surface area contributed by atoms with Crippen molar-refractivity contribution in [1.29, 1.82) is 0 Å². The second-order valence-electron chi connectivity index (χ2n) is 4.99. The SMILES string of the molecule is Cc1ccnc(CN(CC(=O)O)Cc2ccc(Cl)cc2)c1. The Bertz CT molecular complexity index is 614. The van der Waals surface area contributed by atoms with E-state index >= 15 is 0 Å². The van der Waals surface area contributed by atoms with Gasteiger partial charge in [-0.2, -0.15) is 0 Å². The molecule has 1 N–H and O–H groups in total. The van der Waals surface area contributed by atoms with E-state index in [-0.39, 0.29) is 6.54 Å². The molecule has 0 atom stereocenters. The number of carboxylic acids is 1. The summed E-state index contributed by atoms with van der Waals surface area (Å²) in [4.78, 5) is 17.2. The first-order valence-electron chi connectivity index (χ1n) is 6.63. The van der Waals surface area contributed by atoms with E-state index < -0.39 is 5.97 Å².